The Kier molecular flexibility index (Phi) is 2.89. The molecule has 3 rings (SSSR count). The van der Waals surface area contributed by atoms with E-state index in [1.165, 1.54) is 25.7 Å². The number of carbonyl (C=O) groups excluding carboxylic acids is 1. The molecule has 1 amide bonds. The van der Waals surface area contributed by atoms with Crippen molar-refractivity contribution < 1.29 is 4.79 Å². The van der Waals surface area contributed by atoms with Crippen LogP contribution in [-0.4, -0.2) is 36.0 Å². The lowest BCUT2D eigenvalue weighted by atomic mass is 9.88. The van der Waals surface area contributed by atoms with E-state index in [1.54, 1.807) is 0 Å². The molecule has 1 saturated carbocycles. The van der Waals surface area contributed by atoms with Gasteiger partial charge in [0.05, 0.1) is 0 Å². The van der Waals surface area contributed by atoms with Gasteiger partial charge in [0.1, 0.15) is 6.04 Å². The van der Waals surface area contributed by atoms with Crippen LogP contribution in [-0.2, 0) is 4.79 Å². The number of hydrogen-bond acceptors (Lipinski definition) is 2. The van der Waals surface area contributed by atoms with Crippen molar-refractivity contribution in [3.8, 4) is 0 Å². The summed E-state index contributed by atoms with van der Waals surface area (Å²) in [4.78, 5) is 14.5. The molecule has 3 atom stereocenters. The molecule has 3 unspecified atom stereocenters. The van der Waals surface area contributed by atoms with E-state index in [4.69, 9.17) is 0 Å². The zero-order chi connectivity index (χ0) is 12.0. The minimum atomic E-state index is 0.174. The maximum absolute atomic E-state index is 12.3. The Labute approximate surface area is 104 Å². The molecule has 3 aliphatic rings. The molecular weight excluding hydrogens is 212 g/mol. The lowest BCUT2D eigenvalue weighted by Gasteiger charge is -2.34. The second-order valence-corrected chi connectivity index (χ2v) is 6.44. The van der Waals surface area contributed by atoms with Crippen molar-refractivity contribution in [2.75, 3.05) is 13.1 Å². The Morgan fingerprint density at radius 3 is 2.71 bits per heavy atom. The number of piperidine rings is 1. The maximum atomic E-state index is 12.3. The van der Waals surface area contributed by atoms with E-state index in [1.807, 2.05) is 0 Å². The number of nitrogens with one attached hydrogen (secondary N) is 1. The normalized spacial score (nSPS) is 37.4. The standard InChI is InChI=1S/C14H24N2O/c1-9(2)11-4-3-7-16(8-11)14(17)13-12(15-13)10-5-6-10/h9-13,15H,3-8H2,1-2H3. The second-order valence-electron chi connectivity index (χ2n) is 6.44. The van der Waals surface area contributed by atoms with E-state index in [9.17, 15) is 4.79 Å². The van der Waals surface area contributed by atoms with E-state index in [0.717, 1.165) is 19.0 Å². The summed E-state index contributed by atoms with van der Waals surface area (Å²) in [5, 5.41) is 3.38. The van der Waals surface area contributed by atoms with Gasteiger partial charge in [0.2, 0.25) is 5.91 Å². The van der Waals surface area contributed by atoms with Gasteiger partial charge in [-0.3, -0.25) is 10.1 Å². The van der Waals surface area contributed by atoms with Crippen LogP contribution in [0.4, 0.5) is 0 Å². The molecule has 0 radical (unpaired) electrons. The van der Waals surface area contributed by atoms with Crippen molar-refractivity contribution in [1.29, 1.82) is 0 Å². The van der Waals surface area contributed by atoms with Gasteiger partial charge in [-0.25, -0.2) is 0 Å². The van der Waals surface area contributed by atoms with Crippen LogP contribution in [0.2, 0.25) is 0 Å². The minimum absolute atomic E-state index is 0.174. The topological polar surface area (TPSA) is 42.2 Å². The van der Waals surface area contributed by atoms with E-state index >= 15 is 0 Å². The summed E-state index contributed by atoms with van der Waals surface area (Å²) in [5.74, 6) is 2.62. The van der Waals surface area contributed by atoms with E-state index in [0.29, 0.717) is 23.8 Å². The van der Waals surface area contributed by atoms with Crippen LogP contribution in [0, 0.1) is 17.8 Å². The molecule has 1 N–H and O–H groups in total. The molecule has 1 aliphatic carbocycles. The number of likely N-dealkylation sites (tertiary alicyclic amines) is 1. The van der Waals surface area contributed by atoms with Crippen molar-refractivity contribution in [2.45, 2.75) is 51.6 Å². The predicted molar refractivity (Wildman–Crippen MR) is 67.6 cm³/mol. The van der Waals surface area contributed by atoms with Crippen LogP contribution in [0.5, 0.6) is 0 Å². The Balaban J connectivity index is 1.54. The van der Waals surface area contributed by atoms with Crippen molar-refractivity contribution >= 4 is 5.91 Å². The Bertz CT molecular complexity index is 311. The molecule has 17 heavy (non-hydrogen) atoms. The van der Waals surface area contributed by atoms with Crippen molar-refractivity contribution in [1.82, 2.24) is 10.2 Å². The van der Waals surface area contributed by atoms with Crippen LogP contribution >= 0.6 is 0 Å². The molecule has 2 heterocycles. The molecule has 3 fully saturated rings. The molecule has 0 aromatic carbocycles. The molecule has 0 aromatic heterocycles. The molecule has 96 valence electrons. The Hall–Kier alpha value is -0.570. The summed E-state index contributed by atoms with van der Waals surface area (Å²) in [5.41, 5.74) is 0. The van der Waals surface area contributed by atoms with Crippen LogP contribution in [0.15, 0.2) is 0 Å². The number of amides is 1. The number of rotatable bonds is 3. The quantitative estimate of drug-likeness (QED) is 0.757. The first-order valence-corrected chi connectivity index (χ1v) is 7.21. The molecule has 2 saturated heterocycles. The van der Waals surface area contributed by atoms with Gasteiger partial charge in [0.25, 0.3) is 0 Å². The van der Waals surface area contributed by atoms with Crippen LogP contribution < -0.4 is 5.32 Å². The fraction of sp³-hybridized carbons (Fsp3) is 0.929. The van der Waals surface area contributed by atoms with E-state index in [-0.39, 0.29) is 6.04 Å². The molecule has 3 heteroatoms. The van der Waals surface area contributed by atoms with Crippen LogP contribution in [0.25, 0.3) is 0 Å². The summed E-state index contributed by atoms with van der Waals surface area (Å²) >= 11 is 0. The fourth-order valence-electron chi connectivity index (χ4n) is 3.19. The average molecular weight is 236 g/mol. The lowest BCUT2D eigenvalue weighted by Crippen LogP contribution is -2.44. The highest BCUT2D eigenvalue weighted by Gasteiger charge is 2.52. The van der Waals surface area contributed by atoms with Gasteiger partial charge in [-0.2, -0.15) is 0 Å². The van der Waals surface area contributed by atoms with E-state index < -0.39 is 0 Å². The van der Waals surface area contributed by atoms with Gasteiger partial charge >= 0.3 is 0 Å². The summed E-state index contributed by atoms with van der Waals surface area (Å²) in [6, 6.07) is 0.704. The molecule has 3 nitrogen and oxygen atoms in total. The highest BCUT2D eigenvalue weighted by Crippen LogP contribution is 2.40. The highest BCUT2D eigenvalue weighted by molar-refractivity contribution is 5.86. The van der Waals surface area contributed by atoms with Crippen molar-refractivity contribution in [3.63, 3.8) is 0 Å². The first-order chi connectivity index (χ1) is 8.16. The summed E-state index contributed by atoms with van der Waals surface area (Å²) in [7, 11) is 0. The highest BCUT2D eigenvalue weighted by atomic mass is 16.2. The number of carbonyl (C=O) groups is 1. The van der Waals surface area contributed by atoms with Gasteiger partial charge in [-0.1, -0.05) is 13.8 Å². The van der Waals surface area contributed by atoms with Crippen LogP contribution in [0.1, 0.15) is 39.5 Å². The summed E-state index contributed by atoms with van der Waals surface area (Å²) in [6.45, 7) is 6.53. The number of hydrogen-bond donors (Lipinski definition) is 1. The monoisotopic (exact) mass is 236 g/mol. The van der Waals surface area contributed by atoms with Crippen LogP contribution in [0.3, 0.4) is 0 Å². The molecular formula is C14H24N2O. The first kappa shape index (κ1) is 11.5. The van der Waals surface area contributed by atoms with Crippen molar-refractivity contribution in [3.05, 3.63) is 0 Å². The molecule has 0 aromatic rings. The van der Waals surface area contributed by atoms with Crippen molar-refractivity contribution in [2.24, 2.45) is 17.8 Å². The second kappa shape index (κ2) is 4.27. The van der Waals surface area contributed by atoms with Gasteiger partial charge in [0, 0.05) is 19.1 Å². The van der Waals surface area contributed by atoms with Gasteiger partial charge in [-0.15, -0.1) is 0 Å². The minimum Gasteiger partial charge on any atom is -0.341 e. The summed E-state index contributed by atoms with van der Waals surface area (Å²) < 4.78 is 0. The van der Waals surface area contributed by atoms with Gasteiger partial charge in [-0.05, 0) is 43.4 Å². The molecule has 0 bridgehead atoms. The zero-order valence-corrected chi connectivity index (χ0v) is 11.0. The fourth-order valence-corrected chi connectivity index (χ4v) is 3.19. The number of nitrogens with zero attached hydrogens (tertiary/aromatic N) is 1. The third-order valence-corrected chi connectivity index (χ3v) is 4.73. The first-order valence-electron chi connectivity index (χ1n) is 7.21. The third-order valence-electron chi connectivity index (χ3n) is 4.73. The SMILES string of the molecule is CC(C)C1CCCN(C(=O)C2NC2C2CC2)C1. The molecule has 0 spiro atoms. The predicted octanol–water partition coefficient (Wildman–Crippen LogP) is 1.63. The Morgan fingerprint density at radius 2 is 2.06 bits per heavy atom. The average Bonchev–Trinajstić information content (AvgIpc) is 3.16. The van der Waals surface area contributed by atoms with Gasteiger partial charge in [0.15, 0.2) is 0 Å². The van der Waals surface area contributed by atoms with E-state index in [2.05, 4.69) is 24.1 Å². The summed E-state index contributed by atoms with van der Waals surface area (Å²) in [6.07, 6.45) is 5.15. The molecule has 2 aliphatic heterocycles. The largest absolute Gasteiger partial charge is 0.341 e. The van der Waals surface area contributed by atoms with Gasteiger partial charge < -0.3 is 4.90 Å². The smallest absolute Gasteiger partial charge is 0.241 e. The Morgan fingerprint density at radius 1 is 1.29 bits per heavy atom. The lowest BCUT2D eigenvalue weighted by molar-refractivity contribution is -0.132. The zero-order valence-electron chi connectivity index (χ0n) is 11.0. The maximum Gasteiger partial charge on any atom is 0.241 e. The third kappa shape index (κ3) is 2.35.